The average Bonchev–Trinajstić information content (AvgIpc) is 3.04. The van der Waals surface area contributed by atoms with E-state index < -0.39 is 0 Å². The summed E-state index contributed by atoms with van der Waals surface area (Å²) in [5, 5.41) is 1.18. The number of imidazole rings is 1. The minimum atomic E-state index is 0.373. The van der Waals surface area contributed by atoms with Crippen molar-refractivity contribution in [2.24, 2.45) is 5.41 Å². The average molecular weight is 297 g/mol. The van der Waals surface area contributed by atoms with Crippen LogP contribution in [0.25, 0.3) is 21.9 Å². The third kappa shape index (κ3) is 2.09. The maximum atomic E-state index is 5.58. The first kappa shape index (κ1) is 13.0. The normalized spacial score (nSPS) is 17.8. The number of hydrogen-bond donors (Lipinski definition) is 1. The minimum Gasteiger partial charge on any atom is -0.329 e. The molecule has 1 N–H and O–H groups in total. The largest absolute Gasteiger partial charge is 0.329 e. The molecule has 21 heavy (non-hydrogen) atoms. The summed E-state index contributed by atoms with van der Waals surface area (Å²) in [6, 6.07) is 8.30. The van der Waals surface area contributed by atoms with E-state index in [9.17, 15) is 0 Å². The number of H-pyrrole nitrogens is 1. The molecule has 0 aliphatic heterocycles. The van der Waals surface area contributed by atoms with Gasteiger partial charge in [-0.05, 0) is 36.5 Å². The van der Waals surface area contributed by atoms with Gasteiger partial charge in [0, 0.05) is 11.9 Å². The van der Waals surface area contributed by atoms with Gasteiger partial charge in [-0.25, -0.2) is 0 Å². The lowest BCUT2D eigenvalue weighted by Crippen LogP contribution is -2.19. The third-order valence-corrected chi connectivity index (χ3v) is 5.18. The quantitative estimate of drug-likeness (QED) is 0.687. The molecule has 1 aliphatic carbocycles. The molecular formula is C17H19N3S. The second-order valence-electron chi connectivity index (χ2n) is 6.57. The number of aromatic nitrogens is 3. The summed E-state index contributed by atoms with van der Waals surface area (Å²) in [7, 11) is 0. The molecule has 0 unspecified atom stereocenters. The van der Waals surface area contributed by atoms with Gasteiger partial charge in [0.05, 0.1) is 22.7 Å². The van der Waals surface area contributed by atoms with Crippen molar-refractivity contribution >= 4 is 34.2 Å². The smallest absolute Gasteiger partial charge is 0.178 e. The Labute approximate surface area is 129 Å². The summed E-state index contributed by atoms with van der Waals surface area (Å²) < 4.78 is 3.11. The number of aromatic amines is 1. The maximum Gasteiger partial charge on any atom is 0.178 e. The Morgan fingerprint density at radius 1 is 1.29 bits per heavy atom. The van der Waals surface area contributed by atoms with E-state index in [1.54, 1.807) is 0 Å². The standard InChI is InChI=1S/C17H19N3S/c1-17(8-4-5-9-17)11-20-15-12-6-2-3-7-13(12)18-10-14(15)19-16(20)21/h2-3,6-7,10H,4-5,8-9,11H2,1H3,(H,19,21). The fourth-order valence-electron chi connectivity index (χ4n) is 3.71. The summed E-state index contributed by atoms with van der Waals surface area (Å²) in [5.41, 5.74) is 3.65. The number of pyridine rings is 1. The molecule has 4 rings (SSSR count). The molecule has 1 aromatic carbocycles. The van der Waals surface area contributed by atoms with E-state index in [0.29, 0.717) is 5.41 Å². The molecule has 0 spiro atoms. The van der Waals surface area contributed by atoms with Crippen LogP contribution in [0, 0.1) is 10.2 Å². The first-order valence-electron chi connectivity index (χ1n) is 7.63. The third-order valence-electron chi connectivity index (χ3n) is 4.85. The molecule has 2 heterocycles. The van der Waals surface area contributed by atoms with Crippen LogP contribution >= 0.6 is 12.2 Å². The van der Waals surface area contributed by atoms with Gasteiger partial charge in [0.1, 0.15) is 0 Å². The van der Waals surface area contributed by atoms with Crippen molar-refractivity contribution in [3.05, 3.63) is 35.2 Å². The van der Waals surface area contributed by atoms with E-state index in [1.165, 1.54) is 36.6 Å². The van der Waals surface area contributed by atoms with E-state index in [2.05, 4.69) is 39.7 Å². The van der Waals surface area contributed by atoms with Crippen LogP contribution < -0.4 is 0 Å². The molecule has 1 aliphatic rings. The van der Waals surface area contributed by atoms with Crippen molar-refractivity contribution in [1.82, 2.24) is 14.5 Å². The number of hydrogen-bond acceptors (Lipinski definition) is 2. The maximum absolute atomic E-state index is 5.58. The van der Waals surface area contributed by atoms with Crippen LogP contribution in [0.2, 0.25) is 0 Å². The van der Waals surface area contributed by atoms with E-state index in [1.807, 2.05) is 12.3 Å². The zero-order valence-electron chi connectivity index (χ0n) is 12.2. The van der Waals surface area contributed by atoms with Gasteiger partial charge in [-0.1, -0.05) is 38.0 Å². The van der Waals surface area contributed by atoms with Gasteiger partial charge in [0.25, 0.3) is 0 Å². The number of nitrogens with one attached hydrogen (secondary N) is 1. The van der Waals surface area contributed by atoms with Gasteiger partial charge in [-0.15, -0.1) is 0 Å². The number of para-hydroxylation sites is 1. The van der Waals surface area contributed by atoms with E-state index in [0.717, 1.165) is 22.3 Å². The highest BCUT2D eigenvalue weighted by atomic mass is 32.1. The van der Waals surface area contributed by atoms with Crippen molar-refractivity contribution in [3.8, 4) is 0 Å². The van der Waals surface area contributed by atoms with Gasteiger partial charge in [0.2, 0.25) is 0 Å². The number of fused-ring (bicyclic) bond motifs is 3. The highest BCUT2D eigenvalue weighted by molar-refractivity contribution is 7.71. The first-order chi connectivity index (χ1) is 10.2. The summed E-state index contributed by atoms with van der Waals surface area (Å²) in [6.07, 6.45) is 7.18. The minimum absolute atomic E-state index is 0.373. The topological polar surface area (TPSA) is 33.6 Å². The van der Waals surface area contributed by atoms with E-state index in [4.69, 9.17) is 12.2 Å². The zero-order chi connectivity index (χ0) is 14.4. The number of nitrogens with zero attached hydrogens (tertiary/aromatic N) is 2. The van der Waals surface area contributed by atoms with Crippen LogP contribution in [0.1, 0.15) is 32.6 Å². The lowest BCUT2D eigenvalue weighted by atomic mass is 9.89. The predicted octanol–water partition coefficient (Wildman–Crippen LogP) is 4.83. The molecule has 0 saturated heterocycles. The van der Waals surface area contributed by atoms with Gasteiger partial charge >= 0.3 is 0 Å². The lowest BCUT2D eigenvalue weighted by molar-refractivity contribution is 0.284. The SMILES string of the molecule is CC1(Cn2c(=S)[nH]c3cnc4ccccc4c32)CCCC1. The molecule has 108 valence electrons. The molecule has 3 nitrogen and oxygen atoms in total. The predicted molar refractivity (Wildman–Crippen MR) is 89.0 cm³/mol. The Kier molecular flexibility index (Phi) is 2.89. The monoisotopic (exact) mass is 297 g/mol. The Morgan fingerprint density at radius 3 is 2.86 bits per heavy atom. The van der Waals surface area contributed by atoms with Crippen LogP contribution in [-0.2, 0) is 6.54 Å². The molecule has 0 bridgehead atoms. The second-order valence-corrected chi connectivity index (χ2v) is 6.96. The van der Waals surface area contributed by atoms with Crippen molar-refractivity contribution in [2.75, 3.05) is 0 Å². The highest BCUT2D eigenvalue weighted by Gasteiger charge is 2.30. The second kappa shape index (κ2) is 4.67. The molecule has 1 saturated carbocycles. The first-order valence-corrected chi connectivity index (χ1v) is 8.03. The summed E-state index contributed by atoms with van der Waals surface area (Å²) >= 11 is 5.58. The van der Waals surface area contributed by atoms with Gasteiger partial charge < -0.3 is 9.55 Å². The van der Waals surface area contributed by atoms with Crippen LogP contribution in [0.3, 0.4) is 0 Å². The Hall–Kier alpha value is -1.68. The van der Waals surface area contributed by atoms with E-state index >= 15 is 0 Å². The zero-order valence-corrected chi connectivity index (χ0v) is 13.0. The highest BCUT2D eigenvalue weighted by Crippen LogP contribution is 2.40. The lowest BCUT2D eigenvalue weighted by Gasteiger charge is -2.24. The van der Waals surface area contributed by atoms with Gasteiger partial charge in [-0.3, -0.25) is 4.98 Å². The van der Waals surface area contributed by atoms with Gasteiger partial charge in [0.15, 0.2) is 4.77 Å². The van der Waals surface area contributed by atoms with E-state index in [-0.39, 0.29) is 0 Å². The van der Waals surface area contributed by atoms with Crippen molar-refractivity contribution in [1.29, 1.82) is 0 Å². The summed E-state index contributed by atoms with van der Waals surface area (Å²) in [4.78, 5) is 7.85. The van der Waals surface area contributed by atoms with Crippen LogP contribution in [0.4, 0.5) is 0 Å². The van der Waals surface area contributed by atoms with Crippen LogP contribution in [-0.4, -0.2) is 14.5 Å². The molecule has 0 amide bonds. The Bertz CT molecular complexity index is 868. The van der Waals surface area contributed by atoms with Crippen molar-refractivity contribution in [2.45, 2.75) is 39.2 Å². The summed E-state index contributed by atoms with van der Waals surface area (Å²) in [6.45, 7) is 3.39. The molecule has 3 aromatic rings. The van der Waals surface area contributed by atoms with Crippen molar-refractivity contribution < 1.29 is 0 Å². The molecule has 0 atom stereocenters. The van der Waals surface area contributed by atoms with Gasteiger partial charge in [-0.2, -0.15) is 0 Å². The molecule has 0 radical (unpaired) electrons. The number of benzene rings is 1. The molecule has 1 fully saturated rings. The molecule has 2 aromatic heterocycles. The fourth-order valence-corrected chi connectivity index (χ4v) is 3.98. The number of rotatable bonds is 2. The Balaban J connectivity index is 1.97. The van der Waals surface area contributed by atoms with Crippen LogP contribution in [0.5, 0.6) is 0 Å². The summed E-state index contributed by atoms with van der Waals surface area (Å²) in [5.74, 6) is 0. The fraction of sp³-hybridized carbons (Fsp3) is 0.412. The molecular weight excluding hydrogens is 278 g/mol. The molecule has 4 heteroatoms. The Morgan fingerprint density at radius 2 is 2.05 bits per heavy atom. The van der Waals surface area contributed by atoms with Crippen LogP contribution in [0.15, 0.2) is 30.5 Å². The van der Waals surface area contributed by atoms with Crippen molar-refractivity contribution in [3.63, 3.8) is 0 Å².